The molecule has 1 amide bonds. The molecule has 0 saturated heterocycles. The van der Waals surface area contributed by atoms with Gasteiger partial charge in [0.05, 0.1) is 18.3 Å². The van der Waals surface area contributed by atoms with Crippen molar-refractivity contribution < 1.29 is 13.2 Å². The molecule has 0 unspecified atom stereocenters. The third kappa shape index (κ3) is 5.03. The van der Waals surface area contributed by atoms with Crippen molar-refractivity contribution in [3.05, 3.63) is 71.0 Å². The van der Waals surface area contributed by atoms with E-state index in [0.717, 1.165) is 5.56 Å². The number of hydrogen-bond donors (Lipinski definition) is 2. The standard InChI is InChI=1S/C20H21ClN4O3S/c1-13(2)15-11-23-25(12-15)18-8-7-16(10-19(18)29(22,27)28)24-20(26)9-14-5-3-4-6-17(14)21/h3-8,10-13H,9H2,1-2H3,(H,24,26)(H2,22,27,28). The molecule has 3 N–H and O–H groups in total. The first-order valence-corrected chi connectivity index (χ1v) is 10.8. The van der Waals surface area contributed by atoms with Crippen molar-refractivity contribution in [2.45, 2.75) is 31.1 Å². The average molecular weight is 433 g/mol. The number of aromatic nitrogens is 2. The number of anilines is 1. The maximum absolute atomic E-state index is 12.4. The van der Waals surface area contributed by atoms with E-state index >= 15 is 0 Å². The third-order valence-corrected chi connectivity index (χ3v) is 5.68. The number of nitrogens with zero attached hydrogens (tertiary/aromatic N) is 2. The molecule has 3 aromatic rings. The number of amides is 1. The van der Waals surface area contributed by atoms with Crippen molar-refractivity contribution >= 4 is 33.2 Å². The van der Waals surface area contributed by atoms with Gasteiger partial charge in [-0.2, -0.15) is 5.10 Å². The fourth-order valence-electron chi connectivity index (χ4n) is 2.80. The number of nitrogens with one attached hydrogen (secondary N) is 1. The number of sulfonamides is 1. The second-order valence-electron chi connectivity index (χ2n) is 6.92. The molecule has 0 saturated carbocycles. The summed E-state index contributed by atoms with van der Waals surface area (Å²) in [5.41, 5.74) is 2.25. The first-order valence-electron chi connectivity index (χ1n) is 8.90. The summed E-state index contributed by atoms with van der Waals surface area (Å²) in [7, 11) is -4.05. The molecule has 0 aliphatic heterocycles. The quantitative estimate of drug-likeness (QED) is 0.621. The predicted octanol–water partition coefficient (Wildman–Crippen LogP) is 3.48. The molecule has 0 radical (unpaired) electrons. The normalized spacial score (nSPS) is 11.6. The highest BCUT2D eigenvalue weighted by Crippen LogP contribution is 2.25. The summed E-state index contributed by atoms with van der Waals surface area (Å²) in [5.74, 6) is -0.0857. The molecule has 9 heteroatoms. The average Bonchev–Trinajstić information content (AvgIpc) is 3.13. The van der Waals surface area contributed by atoms with Crippen LogP contribution in [0.15, 0.2) is 59.8 Å². The second-order valence-corrected chi connectivity index (χ2v) is 8.85. The van der Waals surface area contributed by atoms with Gasteiger partial charge in [0.15, 0.2) is 0 Å². The van der Waals surface area contributed by atoms with Crippen molar-refractivity contribution in [1.29, 1.82) is 0 Å². The summed E-state index contributed by atoms with van der Waals surface area (Å²) in [6, 6.07) is 11.5. The Labute approximate surface area is 174 Å². The summed E-state index contributed by atoms with van der Waals surface area (Å²) in [5, 5.41) is 12.8. The summed E-state index contributed by atoms with van der Waals surface area (Å²) >= 11 is 6.08. The number of benzene rings is 2. The van der Waals surface area contributed by atoms with E-state index in [1.807, 2.05) is 13.8 Å². The lowest BCUT2D eigenvalue weighted by Crippen LogP contribution is -2.18. The third-order valence-electron chi connectivity index (χ3n) is 4.37. The predicted molar refractivity (Wildman–Crippen MR) is 113 cm³/mol. The highest BCUT2D eigenvalue weighted by molar-refractivity contribution is 7.89. The van der Waals surface area contributed by atoms with Crippen LogP contribution in [-0.4, -0.2) is 24.1 Å². The van der Waals surface area contributed by atoms with E-state index in [-0.39, 0.29) is 23.1 Å². The first kappa shape index (κ1) is 21.0. The highest BCUT2D eigenvalue weighted by Gasteiger charge is 2.18. The van der Waals surface area contributed by atoms with Crippen LogP contribution in [0.1, 0.15) is 30.9 Å². The minimum Gasteiger partial charge on any atom is -0.326 e. The number of halogens is 1. The fourth-order valence-corrected chi connectivity index (χ4v) is 3.74. The lowest BCUT2D eigenvalue weighted by atomic mass is 10.1. The topological polar surface area (TPSA) is 107 Å². The zero-order chi connectivity index (χ0) is 21.2. The molecule has 1 heterocycles. The molecule has 152 valence electrons. The molecule has 0 bridgehead atoms. The zero-order valence-corrected chi connectivity index (χ0v) is 17.5. The Morgan fingerprint density at radius 2 is 1.97 bits per heavy atom. The van der Waals surface area contributed by atoms with Crippen LogP contribution in [0.3, 0.4) is 0 Å². The van der Waals surface area contributed by atoms with Gasteiger partial charge in [-0.3, -0.25) is 4.79 Å². The molecule has 0 fully saturated rings. The molecule has 0 spiro atoms. The molecular formula is C20H21ClN4O3S. The van der Waals surface area contributed by atoms with E-state index in [1.54, 1.807) is 48.8 Å². The van der Waals surface area contributed by atoms with E-state index in [4.69, 9.17) is 16.7 Å². The van der Waals surface area contributed by atoms with Gasteiger partial charge in [0.1, 0.15) is 4.90 Å². The first-order chi connectivity index (χ1) is 13.6. The minimum atomic E-state index is -4.05. The lowest BCUT2D eigenvalue weighted by molar-refractivity contribution is -0.115. The molecule has 7 nitrogen and oxygen atoms in total. The van der Waals surface area contributed by atoms with Gasteiger partial charge in [-0.1, -0.05) is 43.6 Å². The van der Waals surface area contributed by atoms with Crippen molar-refractivity contribution in [2.75, 3.05) is 5.32 Å². The van der Waals surface area contributed by atoms with Gasteiger partial charge in [-0.05, 0) is 41.3 Å². The van der Waals surface area contributed by atoms with Gasteiger partial charge in [0, 0.05) is 16.9 Å². The Hall–Kier alpha value is -2.68. The number of carbonyl (C=O) groups excluding carboxylic acids is 1. The summed E-state index contributed by atoms with van der Waals surface area (Å²) < 4.78 is 25.8. The van der Waals surface area contributed by atoms with Crippen LogP contribution in [0.5, 0.6) is 0 Å². The van der Waals surface area contributed by atoms with E-state index in [2.05, 4.69) is 10.4 Å². The molecule has 0 aliphatic rings. The van der Waals surface area contributed by atoms with Crippen molar-refractivity contribution in [3.8, 4) is 5.69 Å². The van der Waals surface area contributed by atoms with Crippen LogP contribution in [0.2, 0.25) is 5.02 Å². The van der Waals surface area contributed by atoms with Gasteiger partial charge in [0.25, 0.3) is 0 Å². The van der Waals surface area contributed by atoms with Gasteiger partial charge in [-0.25, -0.2) is 18.2 Å². The van der Waals surface area contributed by atoms with Crippen LogP contribution in [0.25, 0.3) is 5.69 Å². The molecule has 0 atom stereocenters. The van der Waals surface area contributed by atoms with E-state index in [0.29, 0.717) is 22.0 Å². The monoisotopic (exact) mass is 432 g/mol. The van der Waals surface area contributed by atoms with Crippen molar-refractivity contribution in [1.82, 2.24) is 9.78 Å². The molecule has 29 heavy (non-hydrogen) atoms. The van der Waals surface area contributed by atoms with Crippen LogP contribution < -0.4 is 10.5 Å². The number of nitrogens with two attached hydrogens (primary N) is 1. The molecule has 3 rings (SSSR count). The Kier molecular flexibility index (Phi) is 6.07. The van der Waals surface area contributed by atoms with Crippen LogP contribution in [0.4, 0.5) is 5.69 Å². The van der Waals surface area contributed by atoms with E-state index in [1.165, 1.54) is 10.7 Å². The summed E-state index contributed by atoms with van der Waals surface area (Å²) in [4.78, 5) is 12.2. The Balaban J connectivity index is 1.89. The van der Waals surface area contributed by atoms with Gasteiger partial charge in [-0.15, -0.1) is 0 Å². The lowest BCUT2D eigenvalue weighted by Gasteiger charge is -2.12. The van der Waals surface area contributed by atoms with Crippen molar-refractivity contribution in [2.24, 2.45) is 5.14 Å². The Morgan fingerprint density at radius 1 is 1.24 bits per heavy atom. The second kappa shape index (κ2) is 8.36. The maximum Gasteiger partial charge on any atom is 0.240 e. The van der Waals surface area contributed by atoms with Gasteiger partial charge in [0.2, 0.25) is 15.9 Å². The molecule has 0 aliphatic carbocycles. The fraction of sp³-hybridized carbons (Fsp3) is 0.200. The maximum atomic E-state index is 12.4. The molecular weight excluding hydrogens is 412 g/mol. The van der Waals surface area contributed by atoms with Crippen LogP contribution >= 0.6 is 11.6 Å². The van der Waals surface area contributed by atoms with E-state index < -0.39 is 10.0 Å². The van der Waals surface area contributed by atoms with E-state index in [9.17, 15) is 13.2 Å². The van der Waals surface area contributed by atoms with Gasteiger partial charge >= 0.3 is 0 Å². The number of primary sulfonamides is 1. The van der Waals surface area contributed by atoms with Crippen LogP contribution in [0, 0.1) is 0 Å². The summed E-state index contributed by atoms with van der Waals surface area (Å²) in [6.45, 7) is 4.03. The smallest absolute Gasteiger partial charge is 0.240 e. The number of rotatable bonds is 6. The molecule has 2 aromatic carbocycles. The largest absolute Gasteiger partial charge is 0.326 e. The molecule has 1 aromatic heterocycles. The Morgan fingerprint density at radius 3 is 2.59 bits per heavy atom. The van der Waals surface area contributed by atoms with Gasteiger partial charge < -0.3 is 5.32 Å². The van der Waals surface area contributed by atoms with Crippen molar-refractivity contribution in [3.63, 3.8) is 0 Å². The highest BCUT2D eigenvalue weighted by atomic mass is 35.5. The summed E-state index contributed by atoms with van der Waals surface area (Å²) in [6.07, 6.45) is 3.49. The number of carbonyl (C=O) groups is 1. The zero-order valence-electron chi connectivity index (χ0n) is 16.0. The minimum absolute atomic E-state index is 0.0586. The number of hydrogen-bond acceptors (Lipinski definition) is 4. The Bertz CT molecular complexity index is 1160. The SMILES string of the molecule is CC(C)c1cnn(-c2ccc(NC(=O)Cc3ccccc3Cl)cc2S(N)(=O)=O)c1. The van der Waals surface area contributed by atoms with Crippen LogP contribution in [-0.2, 0) is 21.2 Å².